The number of ether oxygens (including phenoxy) is 1. The van der Waals surface area contributed by atoms with E-state index >= 15 is 0 Å². The number of aliphatic hydroxyl groups is 1. The molecule has 2 aromatic heterocycles. The third-order valence-electron chi connectivity index (χ3n) is 6.07. The number of methoxy groups -OCH3 is 1. The van der Waals surface area contributed by atoms with Crippen molar-refractivity contribution in [3.05, 3.63) is 111 Å². The van der Waals surface area contributed by atoms with Crippen LogP contribution in [0.5, 0.6) is 5.75 Å². The number of carbonyl (C=O) groups excluding carboxylic acids is 1. The molecule has 1 saturated heterocycles. The molecule has 1 aliphatic heterocycles. The van der Waals surface area contributed by atoms with Gasteiger partial charge in [-0.1, -0.05) is 72.5 Å². The van der Waals surface area contributed by atoms with Crippen molar-refractivity contribution in [1.29, 1.82) is 0 Å². The van der Waals surface area contributed by atoms with Crippen LogP contribution in [0.25, 0.3) is 11.7 Å². The molecule has 1 amide bonds. The van der Waals surface area contributed by atoms with E-state index in [0.29, 0.717) is 21.4 Å². The number of hydrogen-bond acceptors (Lipinski definition) is 8. The summed E-state index contributed by atoms with van der Waals surface area (Å²) in [6, 6.07) is 21.9. The van der Waals surface area contributed by atoms with Crippen molar-refractivity contribution in [2.24, 2.45) is 0 Å². The van der Waals surface area contributed by atoms with Gasteiger partial charge in [0.25, 0.3) is 11.5 Å². The summed E-state index contributed by atoms with van der Waals surface area (Å²) in [5.41, 5.74) is 1.94. The second-order valence-electron chi connectivity index (χ2n) is 8.53. The Hall–Kier alpha value is -3.99. The van der Waals surface area contributed by atoms with Crippen LogP contribution in [0.4, 0.5) is 5.82 Å². The molecule has 0 aliphatic carbocycles. The monoisotopic (exact) mass is 544 g/mol. The molecule has 0 bridgehead atoms. The summed E-state index contributed by atoms with van der Waals surface area (Å²) in [5.74, 6) is 0.709. The number of aromatic nitrogens is 2. The highest BCUT2D eigenvalue weighted by Gasteiger charge is 2.32. The maximum absolute atomic E-state index is 13.5. The van der Waals surface area contributed by atoms with E-state index in [0.717, 1.165) is 28.6 Å². The molecule has 0 spiro atoms. The second-order valence-corrected chi connectivity index (χ2v) is 10.2. The van der Waals surface area contributed by atoms with Gasteiger partial charge in [0.15, 0.2) is 0 Å². The highest BCUT2D eigenvalue weighted by atomic mass is 32.2. The normalized spacial score (nSPS) is 15.3. The standard InChI is InChI=1S/C28H24N4O4S2/c1-36-20-12-10-18(11-13-20)17-32-27(35)23(38-28(32)37)15-21-25(29-16-22(33)19-7-3-2-4-8-19)30-24-9-5-6-14-31(24)26(21)34/h2-15,22,29,33H,16-17H2,1H3/b23-15-/t22-/m0/s1. The predicted molar refractivity (Wildman–Crippen MR) is 153 cm³/mol. The van der Waals surface area contributed by atoms with Gasteiger partial charge in [-0.15, -0.1) is 0 Å². The molecule has 0 saturated carbocycles. The Labute approximate surface area is 228 Å². The lowest BCUT2D eigenvalue weighted by atomic mass is 10.1. The van der Waals surface area contributed by atoms with Gasteiger partial charge >= 0.3 is 0 Å². The number of benzene rings is 2. The number of nitrogens with one attached hydrogen (secondary N) is 1. The second kappa shape index (κ2) is 11.2. The number of carbonyl (C=O) groups is 1. The van der Waals surface area contributed by atoms with Crippen LogP contribution in [0.2, 0.25) is 0 Å². The largest absolute Gasteiger partial charge is 0.497 e. The zero-order valence-electron chi connectivity index (χ0n) is 20.4. The number of amides is 1. The molecule has 4 aromatic rings. The van der Waals surface area contributed by atoms with Gasteiger partial charge in [-0.05, 0) is 41.5 Å². The van der Waals surface area contributed by atoms with Crippen LogP contribution in [-0.2, 0) is 11.3 Å². The molecule has 0 unspecified atom stereocenters. The zero-order valence-corrected chi connectivity index (χ0v) is 22.0. The molecule has 8 nitrogen and oxygen atoms in total. The van der Waals surface area contributed by atoms with E-state index in [1.54, 1.807) is 31.5 Å². The van der Waals surface area contributed by atoms with Crippen molar-refractivity contribution in [3.63, 3.8) is 0 Å². The van der Waals surface area contributed by atoms with Crippen molar-refractivity contribution in [2.45, 2.75) is 12.6 Å². The van der Waals surface area contributed by atoms with E-state index < -0.39 is 6.10 Å². The first-order valence-electron chi connectivity index (χ1n) is 11.8. The smallest absolute Gasteiger partial charge is 0.267 e. The van der Waals surface area contributed by atoms with E-state index in [-0.39, 0.29) is 29.4 Å². The Morgan fingerprint density at radius 2 is 1.82 bits per heavy atom. The third-order valence-corrected chi connectivity index (χ3v) is 7.44. The molecule has 1 atom stereocenters. The number of rotatable bonds is 8. The van der Waals surface area contributed by atoms with Crippen molar-refractivity contribution in [2.75, 3.05) is 19.0 Å². The molecule has 2 aromatic carbocycles. The van der Waals surface area contributed by atoms with E-state index in [1.165, 1.54) is 15.4 Å². The molecular formula is C28H24N4O4S2. The lowest BCUT2D eigenvalue weighted by Gasteiger charge is -2.15. The summed E-state index contributed by atoms with van der Waals surface area (Å²) in [5, 5.41) is 13.8. The van der Waals surface area contributed by atoms with Crippen LogP contribution in [0, 0.1) is 0 Å². The van der Waals surface area contributed by atoms with Crippen molar-refractivity contribution in [1.82, 2.24) is 14.3 Å². The Morgan fingerprint density at radius 1 is 1.08 bits per heavy atom. The lowest BCUT2D eigenvalue weighted by molar-refractivity contribution is -0.122. The number of fused-ring (bicyclic) bond motifs is 1. The molecule has 5 rings (SSSR count). The van der Waals surface area contributed by atoms with E-state index in [2.05, 4.69) is 10.3 Å². The lowest BCUT2D eigenvalue weighted by Crippen LogP contribution is -2.27. The fraction of sp³-hybridized carbons (Fsp3) is 0.143. The molecule has 0 radical (unpaired) electrons. The summed E-state index contributed by atoms with van der Waals surface area (Å²) in [7, 11) is 1.59. The van der Waals surface area contributed by atoms with E-state index in [9.17, 15) is 14.7 Å². The number of hydrogen-bond donors (Lipinski definition) is 2. The van der Waals surface area contributed by atoms with E-state index in [1.807, 2.05) is 54.6 Å². The average Bonchev–Trinajstić information content (AvgIpc) is 3.21. The molecule has 1 fully saturated rings. The van der Waals surface area contributed by atoms with Gasteiger partial charge in [-0.3, -0.25) is 18.9 Å². The minimum absolute atomic E-state index is 0.124. The zero-order chi connectivity index (χ0) is 26.6. The summed E-state index contributed by atoms with van der Waals surface area (Å²) in [6.07, 6.45) is 2.33. The Balaban J connectivity index is 1.46. The minimum atomic E-state index is -0.817. The summed E-state index contributed by atoms with van der Waals surface area (Å²) < 4.78 is 7.02. The predicted octanol–water partition coefficient (Wildman–Crippen LogP) is 4.25. The Bertz CT molecular complexity index is 1590. The van der Waals surface area contributed by atoms with Gasteiger partial charge in [-0.2, -0.15) is 0 Å². The van der Waals surface area contributed by atoms with Gasteiger partial charge in [0.05, 0.1) is 30.2 Å². The van der Waals surface area contributed by atoms with Crippen molar-refractivity contribution >= 4 is 51.7 Å². The topological polar surface area (TPSA) is 96.2 Å². The number of pyridine rings is 1. The first kappa shape index (κ1) is 25.7. The van der Waals surface area contributed by atoms with Crippen LogP contribution in [0.1, 0.15) is 22.8 Å². The third kappa shape index (κ3) is 5.33. The SMILES string of the molecule is COc1ccc(CN2C(=O)/C(=C/c3c(NC[C@H](O)c4ccccc4)nc4ccccn4c3=O)SC2=S)cc1. The molecule has 192 valence electrons. The van der Waals surface area contributed by atoms with Crippen molar-refractivity contribution in [3.8, 4) is 5.75 Å². The minimum Gasteiger partial charge on any atom is -0.497 e. The highest BCUT2D eigenvalue weighted by molar-refractivity contribution is 8.26. The summed E-state index contributed by atoms with van der Waals surface area (Å²) in [4.78, 5) is 33.2. The average molecular weight is 545 g/mol. The van der Waals surface area contributed by atoms with Gasteiger partial charge < -0.3 is 15.2 Å². The fourth-order valence-electron chi connectivity index (χ4n) is 4.03. The van der Waals surface area contributed by atoms with Crippen LogP contribution < -0.4 is 15.6 Å². The van der Waals surface area contributed by atoms with Crippen LogP contribution in [0.15, 0.2) is 88.7 Å². The molecule has 10 heteroatoms. The van der Waals surface area contributed by atoms with Gasteiger partial charge in [-0.25, -0.2) is 4.98 Å². The number of nitrogens with zero attached hydrogens (tertiary/aromatic N) is 3. The first-order valence-corrected chi connectivity index (χ1v) is 13.0. The van der Waals surface area contributed by atoms with Crippen LogP contribution >= 0.6 is 24.0 Å². The van der Waals surface area contributed by atoms with Gasteiger partial charge in [0, 0.05) is 12.7 Å². The summed E-state index contributed by atoms with van der Waals surface area (Å²) >= 11 is 6.63. The Morgan fingerprint density at radius 3 is 2.55 bits per heavy atom. The number of anilines is 1. The number of thioether (sulfide) groups is 1. The fourth-order valence-corrected chi connectivity index (χ4v) is 5.27. The number of thiocarbonyl (C=S) groups is 1. The highest BCUT2D eigenvalue weighted by Crippen LogP contribution is 2.34. The molecule has 1 aliphatic rings. The molecule has 2 N–H and O–H groups in total. The summed E-state index contributed by atoms with van der Waals surface area (Å²) in [6.45, 7) is 0.425. The number of aliphatic hydroxyl groups excluding tert-OH is 1. The molecule has 38 heavy (non-hydrogen) atoms. The molecule has 3 heterocycles. The van der Waals surface area contributed by atoms with Crippen LogP contribution in [0.3, 0.4) is 0 Å². The first-order chi connectivity index (χ1) is 18.4. The molecular weight excluding hydrogens is 520 g/mol. The van der Waals surface area contributed by atoms with Crippen molar-refractivity contribution < 1.29 is 14.6 Å². The van der Waals surface area contributed by atoms with E-state index in [4.69, 9.17) is 17.0 Å². The Kier molecular flexibility index (Phi) is 7.54. The van der Waals surface area contributed by atoms with Gasteiger partial charge in [0.1, 0.15) is 21.5 Å². The quantitative estimate of drug-likeness (QED) is 0.251. The maximum atomic E-state index is 13.5. The van der Waals surface area contributed by atoms with Crippen LogP contribution in [-0.4, -0.2) is 43.3 Å². The van der Waals surface area contributed by atoms with Gasteiger partial charge in [0.2, 0.25) is 0 Å². The maximum Gasteiger partial charge on any atom is 0.267 e.